The Hall–Kier alpha value is -2.02. The number of aryl methyl sites for hydroxylation is 1. The van der Waals surface area contributed by atoms with E-state index < -0.39 is 0 Å². The molecule has 0 aliphatic carbocycles. The zero-order valence-corrected chi connectivity index (χ0v) is 11.3. The van der Waals surface area contributed by atoms with Crippen molar-refractivity contribution in [2.24, 2.45) is 13.0 Å². The smallest absolute Gasteiger partial charge is 0.332 e. The van der Waals surface area contributed by atoms with Gasteiger partial charge in [0.15, 0.2) is 11.2 Å². The Bertz CT molecular complexity index is 743. The summed E-state index contributed by atoms with van der Waals surface area (Å²) < 4.78 is 7.95. The minimum Gasteiger partial charge on any atom is -0.381 e. The summed E-state index contributed by atoms with van der Waals surface area (Å²) in [6, 6.07) is 0. The van der Waals surface area contributed by atoms with E-state index in [2.05, 4.69) is 9.97 Å². The summed E-state index contributed by atoms with van der Waals surface area (Å²) in [5.74, 6) is 0.295. The number of aromatic nitrogens is 4. The molecule has 2 aromatic rings. The summed E-state index contributed by atoms with van der Waals surface area (Å²) in [5.41, 5.74) is -0.135. The third kappa shape index (κ3) is 2.14. The van der Waals surface area contributed by atoms with E-state index in [0.29, 0.717) is 31.3 Å². The summed E-state index contributed by atoms with van der Waals surface area (Å²) in [6.45, 7) is 1.79. The molecule has 1 saturated heterocycles. The monoisotopic (exact) mass is 276 g/mol. The van der Waals surface area contributed by atoms with Crippen LogP contribution in [0.25, 0.3) is 11.2 Å². The summed E-state index contributed by atoms with van der Waals surface area (Å²) in [7, 11) is 1.61. The molecule has 3 rings (SSSR count). The third-order valence-electron chi connectivity index (χ3n) is 3.74. The molecule has 0 bridgehead atoms. The van der Waals surface area contributed by atoms with Gasteiger partial charge in [-0.15, -0.1) is 0 Å². The highest BCUT2D eigenvalue weighted by atomic mass is 16.5. The number of hydrogen-bond acceptors (Lipinski definition) is 5. The Labute approximate surface area is 114 Å². The van der Waals surface area contributed by atoms with Crippen LogP contribution in [0.3, 0.4) is 0 Å². The van der Waals surface area contributed by atoms with Crippen LogP contribution in [0.15, 0.2) is 22.0 Å². The van der Waals surface area contributed by atoms with Crippen molar-refractivity contribution in [2.45, 2.75) is 19.4 Å². The second kappa shape index (κ2) is 5.16. The molecular formula is C13H16N4O3. The molecule has 3 heterocycles. The van der Waals surface area contributed by atoms with Crippen LogP contribution < -0.4 is 11.2 Å². The van der Waals surface area contributed by atoms with Gasteiger partial charge >= 0.3 is 5.69 Å². The number of ether oxygens (including phenoxy) is 1. The van der Waals surface area contributed by atoms with Crippen molar-refractivity contribution in [3.05, 3.63) is 33.2 Å². The van der Waals surface area contributed by atoms with Crippen molar-refractivity contribution in [3.8, 4) is 0 Å². The van der Waals surface area contributed by atoms with Crippen molar-refractivity contribution in [1.82, 2.24) is 19.1 Å². The van der Waals surface area contributed by atoms with Crippen molar-refractivity contribution >= 4 is 11.2 Å². The van der Waals surface area contributed by atoms with Crippen molar-refractivity contribution in [2.75, 3.05) is 13.2 Å². The van der Waals surface area contributed by atoms with E-state index in [0.717, 1.165) is 12.8 Å². The molecule has 106 valence electrons. The normalized spacial score (nSPS) is 16.6. The van der Waals surface area contributed by atoms with Crippen molar-refractivity contribution in [1.29, 1.82) is 0 Å². The summed E-state index contributed by atoms with van der Waals surface area (Å²) in [6.07, 6.45) is 4.68. The molecular weight excluding hydrogens is 260 g/mol. The Morgan fingerprint density at radius 2 is 1.95 bits per heavy atom. The fraction of sp³-hybridized carbons (Fsp3) is 0.538. The van der Waals surface area contributed by atoms with Gasteiger partial charge in [-0.2, -0.15) is 0 Å². The fourth-order valence-corrected chi connectivity index (χ4v) is 2.56. The molecule has 0 aromatic carbocycles. The van der Waals surface area contributed by atoms with Crippen LogP contribution in [0, 0.1) is 5.92 Å². The molecule has 0 atom stereocenters. The highest BCUT2D eigenvalue weighted by Crippen LogP contribution is 2.15. The fourth-order valence-electron chi connectivity index (χ4n) is 2.56. The van der Waals surface area contributed by atoms with E-state index >= 15 is 0 Å². The maximum absolute atomic E-state index is 12.4. The molecule has 7 heteroatoms. The molecule has 2 aromatic heterocycles. The van der Waals surface area contributed by atoms with Gasteiger partial charge in [0.25, 0.3) is 5.56 Å². The van der Waals surface area contributed by atoms with Gasteiger partial charge in [-0.25, -0.2) is 14.8 Å². The van der Waals surface area contributed by atoms with Gasteiger partial charge in [0.1, 0.15) is 0 Å². The zero-order valence-electron chi connectivity index (χ0n) is 11.3. The third-order valence-corrected chi connectivity index (χ3v) is 3.74. The number of rotatable bonds is 2. The first kappa shape index (κ1) is 13.0. The maximum Gasteiger partial charge on any atom is 0.332 e. The van der Waals surface area contributed by atoms with E-state index in [4.69, 9.17) is 4.74 Å². The van der Waals surface area contributed by atoms with Crippen LogP contribution in [0.1, 0.15) is 12.8 Å². The largest absolute Gasteiger partial charge is 0.381 e. The lowest BCUT2D eigenvalue weighted by molar-refractivity contribution is 0.0605. The molecule has 0 spiro atoms. The van der Waals surface area contributed by atoms with Crippen LogP contribution in [0.5, 0.6) is 0 Å². The van der Waals surface area contributed by atoms with E-state index in [1.165, 1.54) is 21.5 Å². The molecule has 1 aliphatic rings. The van der Waals surface area contributed by atoms with Crippen LogP contribution in [-0.2, 0) is 18.3 Å². The van der Waals surface area contributed by atoms with Gasteiger partial charge in [-0.1, -0.05) is 0 Å². The highest BCUT2D eigenvalue weighted by Gasteiger charge is 2.19. The lowest BCUT2D eigenvalue weighted by Gasteiger charge is -2.22. The molecule has 0 amide bonds. The Morgan fingerprint density at radius 3 is 2.70 bits per heavy atom. The van der Waals surface area contributed by atoms with Crippen molar-refractivity contribution in [3.63, 3.8) is 0 Å². The molecule has 0 N–H and O–H groups in total. The molecule has 0 saturated carbocycles. The molecule has 1 fully saturated rings. The summed E-state index contributed by atoms with van der Waals surface area (Å²) >= 11 is 0. The van der Waals surface area contributed by atoms with E-state index in [-0.39, 0.29) is 16.8 Å². The number of nitrogens with zero attached hydrogens (tertiary/aromatic N) is 4. The topological polar surface area (TPSA) is 79.0 Å². The SMILES string of the molecule is Cn1c(=O)n(CC2CCOCC2)c(=O)c2nccnc21. The lowest BCUT2D eigenvalue weighted by Crippen LogP contribution is -2.41. The van der Waals surface area contributed by atoms with Gasteiger partial charge in [0.2, 0.25) is 0 Å². The lowest BCUT2D eigenvalue weighted by atomic mass is 10.0. The second-order valence-corrected chi connectivity index (χ2v) is 5.04. The molecule has 20 heavy (non-hydrogen) atoms. The first-order valence-corrected chi connectivity index (χ1v) is 6.67. The number of hydrogen-bond donors (Lipinski definition) is 0. The first-order chi connectivity index (χ1) is 9.68. The highest BCUT2D eigenvalue weighted by molar-refractivity contribution is 5.67. The van der Waals surface area contributed by atoms with E-state index in [9.17, 15) is 9.59 Å². The molecule has 7 nitrogen and oxygen atoms in total. The Morgan fingerprint density at radius 1 is 1.25 bits per heavy atom. The van der Waals surface area contributed by atoms with Crippen LogP contribution >= 0.6 is 0 Å². The van der Waals surface area contributed by atoms with Gasteiger partial charge in [0, 0.05) is 39.2 Å². The average molecular weight is 276 g/mol. The van der Waals surface area contributed by atoms with Crippen LogP contribution in [0.2, 0.25) is 0 Å². The summed E-state index contributed by atoms with van der Waals surface area (Å²) in [4.78, 5) is 32.8. The minimum absolute atomic E-state index is 0.238. The van der Waals surface area contributed by atoms with Gasteiger partial charge in [-0.3, -0.25) is 13.9 Å². The van der Waals surface area contributed by atoms with Gasteiger partial charge in [0.05, 0.1) is 0 Å². The average Bonchev–Trinajstić information content (AvgIpc) is 2.50. The molecule has 1 aliphatic heterocycles. The summed E-state index contributed by atoms with van der Waals surface area (Å²) in [5, 5.41) is 0. The van der Waals surface area contributed by atoms with Crippen molar-refractivity contribution < 1.29 is 4.74 Å². The quantitative estimate of drug-likeness (QED) is 0.766. The van der Waals surface area contributed by atoms with Crippen LogP contribution in [-0.4, -0.2) is 32.3 Å². The zero-order chi connectivity index (χ0) is 14.1. The Kier molecular flexibility index (Phi) is 3.35. The predicted molar refractivity (Wildman–Crippen MR) is 72.6 cm³/mol. The number of fused-ring (bicyclic) bond motifs is 1. The van der Waals surface area contributed by atoms with Gasteiger partial charge in [-0.05, 0) is 18.8 Å². The standard InChI is InChI=1S/C13H16N4O3/c1-16-11-10(14-4-5-15-11)12(18)17(13(16)19)8-9-2-6-20-7-3-9/h4-5,9H,2-3,6-8H2,1H3. The van der Waals surface area contributed by atoms with E-state index in [1.54, 1.807) is 7.05 Å². The Balaban J connectivity index is 2.10. The predicted octanol–water partition coefficient (Wildman–Crippen LogP) is -0.0832. The maximum atomic E-state index is 12.4. The van der Waals surface area contributed by atoms with E-state index in [1.807, 2.05) is 0 Å². The molecule has 0 radical (unpaired) electrons. The van der Waals surface area contributed by atoms with Crippen LogP contribution in [0.4, 0.5) is 0 Å². The first-order valence-electron chi connectivity index (χ1n) is 6.67. The second-order valence-electron chi connectivity index (χ2n) is 5.04. The van der Waals surface area contributed by atoms with Gasteiger partial charge < -0.3 is 4.74 Å². The molecule has 0 unspecified atom stereocenters. The minimum atomic E-state index is -0.359.